The molecule has 190 valence electrons. The van der Waals surface area contributed by atoms with Crippen molar-refractivity contribution in [3.8, 4) is 5.75 Å². The lowest BCUT2D eigenvalue weighted by Crippen LogP contribution is -2.52. The van der Waals surface area contributed by atoms with Gasteiger partial charge in [-0.05, 0) is 48.6 Å². The monoisotopic (exact) mass is 490 g/mol. The second-order valence-electron chi connectivity index (χ2n) is 9.52. The third-order valence-corrected chi connectivity index (χ3v) is 5.95. The maximum absolute atomic E-state index is 14.6. The molecule has 1 N–H and O–H groups in total. The summed E-state index contributed by atoms with van der Waals surface area (Å²) in [5, 5.41) is 2.96. The van der Waals surface area contributed by atoms with Crippen LogP contribution in [0.1, 0.15) is 36.1 Å². The van der Waals surface area contributed by atoms with Gasteiger partial charge in [0, 0.05) is 25.1 Å². The van der Waals surface area contributed by atoms with Crippen LogP contribution in [0.2, 0.25) is 0 Å². The van der Waals surface area contributed by atoms with Crippen molar-refractivity contribution in [2.24, 2.45) is 5.92 Å². The molecule has 0 aromatic heterocycles. The van der Waals surface area contributed by atoms with E-state index in [4.69, 9.17) is 4.74 Å². The van der Waals surface area contributed by atoms with Crippen molar-refractivity contribution >= 4 is 11.8 Å². The highest BCUT2D eigenvalue weighted by Gasteiger charge is 2.31. The number of nitrogens with one attached hydrogen (secondary N) is 1. The number of hydrogen-bond donors (Lipinski definition) is 1. The van der Waals surface area contributed by atoms with Crippen molar-refractivity contribution in [1.82, 2.24) is 10.2 Å². The standard InChI is InChI=1S/C30H35FN2O3/c1-21(2)18-32-30(35)27(17-24-10-6-5-7-11-24)33(19-25-12-8-9-13-26(25)31)29(34)20-36-28-16-22(3)14-15-23(28)4/h5-16,21,27H,17-20H2,1-4H3,(H,32,35). The van der Waals surface area contributed by atoms with Crippen LogP contribution in [-0.4, -0.2) is 35.9 Å². The molecule has 0 fully saturated rings. The number of benzene rings is 3. The number of hydrogen-bond acceptors (Lipinski definition) is 3. The summed E-state index contributed by atoms with van der Waals surface area (Å²) >= 11 is 0. The zero-order valence-electron chi connectivity index (χ0n) is 21.5. The number of carbonyl (C=O) groups is 2. The minimum atomic E-state index is -0.833. The smallest absolute Gasteiger partial charge is 0.261 e. The molecular weight excluding hydrogens is 455 g/mol. The summed E-state index contributed by atoms with van der Waals surface area (Å²) in [5.41, 5.74) is 3.17. The molecule has 1 atom stereocenters. The van der Waals surface area contributed by atoms with Crippen LogP contribution in [0, 0.1) is 25.6 Å². The Labute approximate surface area is 213 Å². The van der Waals surface area contributed by atoms with Crippen LogP contribution in [0.5, 0.6) is 5.75 Å². The number of halogens is 1. The van der Waals surface area contributed by atoms with E-state index in [-0.39, 0.29) is 30.9 Å². The lowest BCUT2D eigenvalue weighted by molar-refractivity contribution is -0.142. The van der Waals surface area contributed by atoms with E-state index in [2.05, 4.69) is 5.32 Å². The zero-order chi connectivity index (χ0) is 26.1. The topological polar surface area (TPSA) is 58.6 Å². The van der Waals surface area contributed by atoms with Gasteiger partial charge in [-0.15, -0.1) is 0 Å². The van der Waals surface area contributed by atoms with Crippen molar-refractivity contribution in [3.05, 3.63) is 101 Å². The molecule has 2 amide bonds. The minimum absolute atomic E-state index is 0.0474. The Bertz CT molecular complexity index is 1160. The van der Waals surface area contributed by atoms with E-state index in [0.29, 0.717) is 24.3 Å². The van der Waals surface area contributed by atoms with Crippen molar-refractivity contribution in [2.75, 3.05) is 13.2 Å². The molecule has 0 heterocycles. The van der Waals surface area contributed by atoms with E-state index in [9.17, 15) is 14.0 Å². The lowest BCUT2D eigenvalue weighted by Gasteiger charge is -2.32. The normalized spacial score (nSPS) is 11.7. The fourth-order valence-electron chi connectivity index (χ4n) is 3.87. The Morgan fingerprint density at radius 1 is 0.972 bits per heavy atom. The fraction of sp³-hybridized carbons (Fsp3) is 0.333. The maximum atomic E-state index is 14.6. The van der Waals surface area contributed by atoms with E-state index in [1.165, 1.54) is 11.0 Å². The SMILES string of the molecule is Cc1ccc(C)c(OCC(=O)N(Cc2ccccc2F)C(Cc2ccccc2)C(=O)NCC(C)C)c1. The fourth-order valence-corrected chi connectivity index (χ4v) is 3.87. The predicted molar refractivity (Wildman–Crippen MR) is 140 cm³/mol. The molecule has 3 rings (SSSR count). The highest BCUT2D eigenvalue weighted by molar-refractivity contribution is 5.88. The summed E-state index contributed by atoms with van der Waals surface area (Å²) in [6, 6.07) is 20.8. The highest BCUT2D eigenvalue weighted by atomic mass is 19.1. The molecule has 0 aliphatic carbocycles. The summed E-state index contributed by atoms with van der Waals surface area (Å²) < 4.78 is 20.5. The van der Waals surface area contributed by atoms with Crippen LogP contribution < -0.4 is 10.1 Å². The third-order valence-electron chi connectivity index (χ3n) is 5.95. The predicted octanol–water partition coefficient (Wildman–Crippen LogP) is 5.23. The van der Waals surface area contributed by atoms with Gasteiger partial charge in [0.1, 0.15) is 17.6 Å². The van der Waals surface area contributed by atoms with Gasteiger partial charge in [0.25, 0.3) is 5.91 Å². The van der Waals surface area contributed by atoms with Crippen molar-refractivity contribution in [2.45, 2.75) is 46.7 Å². The number of nitrogens with zero attached hydrogens (tertiary/aromatic N) is 1. The average molecular weight is 491 g/mol. The summed E-state index contributed by atoms with van der Waals surface area (Å²) in [4.78, 5) is 28.4. The summed E-state index contributed by atoms with van der Waals surface area (Å²) in [6.45, 7) is 8.04. The molecule has 0 bridgehead atoms. The number of amides is 2. The minimum Gasteiger partial charge on any atom is -0.483 e. The van der Waals surface area contributed by atoms with Crippen LogP contribution >= 0.6 is 0 Å². The van der Waals surface area contributed by atoms with Crippen LogP contribution in [-0.2, 0) is 22.6 Å². The van der Waals surface area contributed by atoms with Crippen LogP contribution in [0.15, 0.2) is 72.8 Å². The molecular formula is C30H35FN2O3. The van der Waals surface area contributed by atoms with Gasteiger partial charge in [0.2, 0.25) is 5.91 Å². The van der Waals surface area contributed by atoms with E-state index in [1.807, 2.05) is 76.2 Å². The van der Waals surface area contributed by atoms with E-state index >= 15 is 0 Å². The molecule has 36 heavy (non-hydrogen) atoms. The summed E-state index contributed by atoms with van der Waals surface area (Å²) in [6.07, 6.45) is 0.300. The molecule has 6 heteroatoms. The third kappa shape index (κ3) is 7.67. The first kappa shape index (κ1) is 26.9. The lowest BCUT2D eigenvalue weighted by atomic mass is 10.0. The molecule has 0 aliphatic heterocycles. The van der Waals surface area contributed by atoms with Gasteiger partial charge in [-0.3, -0.25) is 9.59 Å². The number of carbonyl (C=O) groups excluding carboxylic acids is 2. The van der Waals surface area contributed by atoms with Crippen LogP contribution in [0.4, 0.5) is 4.39 Å². The first-order valence-corrected chi connectivity index (χ1v) is 12.3. The Morgan fingerprint density at radius 2 is 1.67 bits per heavy atom. The molecule has 5 nitrogen and oxygen atoms in total. The Balaban J connectivity index is 1.93. The van der Waals surface area contributed by atoms with Gasteiger partial charge in [-0.25, -0.2) is 4.39 Å². The Hall–Kier alpha value is -3.67. The largest absolute Gasteiger partial charge is 0.483 e. The first-order valence-electron chi connectivity index (χ1n) is 12.3. The van der Waals surface area contributed by atoms with E-state index in [0.717, 1.165) is 16.7 Å². The van der Waals surface area contributed by atoms with Gasteiger partial charge in [0.15, 0.2) is 6.61 Å². The van der Waals surface area contributed by atoms with Crippen molar-refractivity contribution < 1.29 is 18.7 Å². The summed E-state index contributed by atoms with van der Waals surface area (Å²) in [5.74, 6) is -0.233. The van der Waals surface area contributed by atoms with Gasteiger partial charge in [0.05, 0.1) is 0 Å². The molecule has 1 unspecified atom stereocenters. The van der Waals surface area contributed by atoms with E-state index in [1.54, 1.807) is 18.2 Å². The summed E-state index contributed by atoms with van der Waals surface area (Å²) in [7, 11) is 0. The van der Waals surface area contributed by atoms with Gasteiger partial charge < -0.3 is 15.0 Å². The Kier molecular flexibility index (Phi) is 9.62. The number of aryl methyl sites for hydroxylation is 2. The van der Waals surface area contributed by atoms with Crippen LogP contribution in [0.3, 0.4) is 0 Å². The molecule has 0 saturated heterocycles. The van der Waals surface area contributed by atoms with Crippen molar-refractivity contribution in [3.63, 3.8) is 0 Å². The zero-order valence-corrected chi connectivity index (χ0v) is 21.5. The maximum Gasteiger partial charge on any atom is 0.261 e. The highest BCUT2D eigenvalue weighted by Crippen LogP contribution is 2.21. The molecule has 0 saturated carbocycles. The molecule has 0 radical (unpaired) electrons. The molecule has 3 aromatic carbocycles. The quantitative estimate of drug-likeness (QED) is 0.400. The number of ether oxygens (including phenoxy) is 1. The van der Waals surface area contributed by atoms with E-state index < -0.39 is 11.9 Å². The van der Waals surface area contributed by atoms with Crippen LogP contribution in [0.25, 0.3) is 0 Å². The van der Waals surface area contributed by atoms with Gasteiger partial charge >= 0.3 is 0 Å². The Morgan fingerprint density at radius 3 is 2.36 bits per heavy atom. The number of rotatable bonds is 11. The van der Waals surface area contributed by atoms with Crippen molar-refractivity contribution in [1.29, 1.82) is 0 Å². The average Bonchev–Trinajstić information content (AvgIpc) is 2.86. The second kappa shape index (κ2) is 12.9. The molecule has 0 spiro atoms. The molecule has 3 aromatic rings. The molecule has 0 aliphatic rings. The first-order chi connectivity index (χ1) is 17.2. The van der Waals surface area contributed by atoms with Gasteiger partial charge in [-0.2, -0.15) is 0 Å². The van der Waals surface area contributed by atoms with Gasteiger partial charge in [-0.1, -0.05) is 74.5 Å². The second-order valence-corrected chi connectivity index (χ2v) is 9.52.